The van der Waals surface area contributed by atoms with Crippen molar-refractivity contribution in [3.63, 3.8) is 0 Å². The number of rotatable bonds is 2. The van der Waals surface area contributed by atoms with Crippen LogP contribution < -0.4 is 10.6 Å². The van der Waals surface area contributed by atoms with Gasteiger partial charge in [0.15, 0.2) is 0 Å². The Morgan fingerprint density at radius 1 is 0.667 bits per heavy atom. The summed E-state index contributed by atoms with van der Waals surface area (Å²) in [5.41, 5.74) is 0. The van der Waals surface area contributed by atoms with Crippen molar-refractivity contribution in [2.45, 2.75) is 0 Å². The molecule has 0 N–H and O–H groups in total. The van der Waals surface area contributed by atoms with Crippen LogP contribution in [-0.4, -0.2) is 0 Å². The van der Waals surface area contributed by atoms with Crippen molar-refractivity contribution in [3.8, 4) is 0 Å². The minimum absolute atomic E-state index is 0.759. The van der Waals surface area contributed by atoms with Gasteiger partial charge in [0.25, 0.3) is 0 Å². The van der Waals surface area contributed by atoms with Gasteiger partial charge in [0.2, 0.25) is 0 Å². The highest BCUT2D eigenvalue weighted by molar-refractivity contribution is 14.1. The molecular weight excluding hydrogens is 429 g/mol. The zero-order valence-electron chi connectivity index (χ0n) is 7.87. The van der Waals surface area contributed by atoms with E-state index in [4.69, 9.17) is 0 Å². The van der Waals surface area contributed by atoms with Gasteiger partial charge in [-0.2, -0.15) is 0 Å². The van der Waals surface area contributed by atoms with Gasteiger partial charge >= 0.3 is 0 Å². The first-order valence-electron chi connectivity index (χ1n) is 4.53. The van der Waals surface area contributed by atoms with Gasteiger partial charge in [0, 0.05) is 7.14 Å². The van der Waals surface area contributed by atoms with Crippen LogP contribution in [0.4, 0.5) is 0 Å². The summed E-state index contributed by atoms with van der Waals surface area (Å²) in [6.45, 7) is 0. The fourth-order valence-electron chi connectivity index (χ4n) is 1.27. The Labute approximate surface area is 119 Å². The van der Waals surface area contributed by atoms with Crippen LogP contribution in [0.1, 0.15) is 0 Å². The smallest absolute Gasteiger partial charge is 0.0207 e. The molecule has 2 aromatic carbocycles. The van der Waals surface area contributed by atoms with Gasteiger partial charge in [-0.25, -0.2) is 0 Å². The second kappa shape index (κ2) is 5.60. The third kappa shape index (κ3) is 3.14. The Morgan fingerprint density at radius 2 is 1.07 bits per heavy atom. The number of halogens is 2. The van der Waals surface area contributed by atoms with Crippen molar-refractivity contribution >= 4 is 64.4 Å². The molecule has 0 aliphatic carbocycles. The molecule has 0 aliphatic rings. The van der Waals surface area contributed by atoms with E-state index in [2.05, 4.69) is 93.7 Å². The highest BCUT2D eigenvalue weighted by Crippen LogP contribution is 2.18. The van der Waals surface area contributed by atoms with Crippen molar-refractivity contribution in [1.29, 1.82) is 0 Å². The third-order valence-corrected chi connectivity index (χ3v) is 6.33. The summed E-state index contributed by atoms with van der Waals surface area (Å²) < 4.78 is 2.71. The van der Waals surface area contributed by atoms with E-state index >= 15 is 0 Å². The number of hydrogen-bond donors (Lipinski definition) is 0. The molecule has 0 spiro atoms. The molecule has 2 rings (SSSR count). The maximum Gasteiger partial charge on any atom is 0.0207 e. The Kier molecular flexibility index (Phi) is 4.40. The Balaban J connectivity index is 2.30. The van der Waals surface area contributed by atoms with E-state index < -0.39 is 0 Å². The molecule has 0 amide bonds. The van der Waals surface area contributed by atoms with Crippen molar-refractivity contribution in [2.24, 2.45) is 0 Å². The first kappa shape index (κ1) is 11.8. The van der Waals surface area contributed by atoms with Gasteiger partial charge in [-0.1, -0.05) is 45.0 Å². The minimum atomic E-state index is 0.759. The van der Waals surface area contributed by atoms with E-state index in [1.54, 1.807) is 0 Å². The predicted octanol–water partition coefficient (Wildman–Crippen LogP) is 3.53. The molecule has 3 heteroatoms. The van der Waals surface area contributed by atoms with E-state index in [0.29, 0.717) is 0 Å². The Hall–Kier alpha value is 0.330. The van der Waals surface area contributed by atoms with Crippen molar-refractivity contribution in [2.75, 3.05) is 0 Å². The van der Waals surface area contributed by atoms with E-state index in [0.717, 1.165) is 8.58 Å². The lowest BCUT2D eigenvalue weighted by Gasteiger charge is -2.06. The van der Waals surface area contributed by atoms with Gasteiger partial charge in [0.05, 0.1) is 0 Å². The van der Waals surface area contributed by atoms with Crippen molar-refractivity contribution < 1.29 is 0 Å². The number of benzene rings is 2. The summed E-state index contributed by atoms with van der Waals surface area (Å²) in [4.78, 5) is 0. The summed E-state index contributed by atoms with van der Waals surface area (Å²) >= 11 is 4.81. The molecule has 0 aromatic heterocycles. The maximum atomic E-state index is 2.40. The Morgan fingerprint density at radius 3 is 1.47 bits per heavy atom. The van der Waals surface area contributed by atoms with Gasteiger partial charge in [-0.15, -0.1) is 0 Å². The fraction of sp³-hybridized carbons (Fsp3) is 0. The Bertz CT molecular complexity index is 425. The van der Waals surface area contributed by atoms with Crippen molar-refractivity contribution in [1.82, 2.24) is 0 Å². The van der Waals surface area contributed by atoms with Crippen LogP contribution in [0.25, 0.3) is 0 Å². The standard InChI is InChI=1S/C12H9I2P/c13-9-5-1-3-7-11(9)15-12-8-4-2-6-10(12)14/h1-8,15H. The average molecular weight is 438 g/mol. The molecule has 0 aliphatic heterocycles. The molecule has 0 bridgehead atoms. The lowest BCUT2D eigenvalue weighted by atomic mass is 10.4. The second-order valence-electron chi connectivity index (χ2n) is 3.08. The van der Waals surface area contributed by atoms with Crippen LogP contribution in [0.2, 0.25) is 0 Å². The minimum Gasteiger partial charge on any atom is -0.0616 e. The molecule has 0 saturated carbocycles. The molecule has 15 heavy (non-hydrogen) atoms. The first-order chi connectivity index (χ1) is 7.27. The summed E-state index contributed by atoms with van der Waals surface area (Å²) in [6.07, 6.45) is 0. The monoisotopic (exact) mass is 438 g/mol. The lowest BCUT2D eigenvalue weighted by molar-refractivity contribution is 1.70. The largest absolute Gasteiger partial charge is 0.0616 e. The van der Waals surface area contributed by atoms with Crippen LogP contribution in [-0.2, 0) is 0 Å². The molecule has 2 aromatic rings. The summed E-state index contributed by atoms with van der Waals surface area (Å²) in [6, 6.07) is 17.2. The fourth-order valence-corrected chi connectivity index (χ4v) is 3.91. The van der Waals surface area contributed by atoms with Crippen molar-refractivity contribution in [3.05, 3.63) is 55.7 Å². The molecule has 0 atom stereocenters. The molecule has 0 nitrogen and oxygen atoms in total. The SMILES string of the molecule is Ic1ccccc1Pc1ccccc1I. The predicted molar refractivity (Wildman–Crippen MR) is 85.9 cm³/mol. The molecule has 0 fully saturated rings. The molecular formula is C12H9I2P. The van der Waals surface area contributed by atoms with Crippen LogP contribution >= 0.6 is 53.8 Å². The van der Waals surface area contributed by atoms with E-state index in [9.17, 15) is 0 Å². The summed E-state index contributed by atoms with van der Waals surface area (Å²) in [7, 11) is 0.759. The zero-order valence-corrected chi connectivity index (χ0v) is 13.2. The average Bonchev–Trinajstić information content (AvgIpc) is 2.24. The summed E-state index contributed by atoms with van der Waals surface area (Å²) in [5.74, 6) is 0. The highest BCUT2D eigenvalue weighted by atomic mass is 127. The van der Waals surface area contributed by atoms with Gasteiger partial charge in [-0.3, -0.25) is 0 Å². The highest BCUT2D eigenvalue weighted by Gasteiger charge is 2.02. The van der Waals surface area contributed by atoms with E-state index in [1.807, 2.05) is 0 Å². The molecule has 76 valence electrons. The van der Waals surface area contributed by atoms with Gasteiger partial charge in [0.1, 0.15) is 0 Å². The summed E-state index contributed by atoms with van der Waals surface area (Å²) in [5, 5.41) is 2.87. The third-order valence-electron chi connectivity index (χ3n) is 2.02. The van der Waals surface area contributed by atoms with Crippen LogP contribution in [0.3, 0.4) is 0 Å². The lowest BCUT2D eigenvalue weighted by Crippen LogP contribution is -2.08. The molecule has 0 saturated heterocycles. The maximum absolute atomic E-state index is 2.40. The van der Waals surface area contributed by atoms with Crippen LogP contribution in [0.15, 0.2) is 48.5 Å². The normalized spacial score (nSPS) is 10.3. The molecule has 0 unspecified atom stereocenters. The molecule has 0 radical (unpaired) electrons. The van der Waals surface area contributed by atoms with E-state index in [-0.39, 0.29) is 0 Å². The van der Waals surface area contributed by atoms with Gasteiger partial charge < -0.3 is 0 Å². The molecule has 0 heterocycles. The number of hydrogen-bond acceptors (Lipinski definition) is 0. The topological polar surface area (TPSA) is 0 Å². The van der Waals surface area contributed by atoms with Crippen LogP contribution in [0.5, 0.6) is 0 Å². The first-order valence-corrected chi connectivity index (χ1v) is 7.69. The second-order valence-corrected chi connectivity index (χ2v) is 6.74. The van der Waals surface area contributed by atoms with Gasteiger partial charge in [-0.05, 0) is 67.9 Å². The van der Waals surface area contributed by atoms with E-state index in [1.165, 1.54) is 17.7 Å². The van der Waals surface area contributed by atoms with Crippen LogP contribution in [0, 0.1) is 7.14 Å². The zero-order chi connectivity index (χ0) is 10.7. The quantitative estimate of drug-likeness (QED) is 0.498.